The van der Waals surface area contributed by atoms with Crippen molar-refractivity contribution in [3.05, 3.63) is 88.2 Å². The second kappa shape index (κ2) is 8.06. The van der Waals surface area contributed by atoms with E-state index in [-0.39, 0.29) is 35.6 Å². The zero-order valence-corrected chi connectivity index (χ0v) is 18.7. The maximum atomic E-state index is 13.2. The Labute approximate surface area is 200 Å². The topological polar surface area (TPSA) is 91.3 Å². The number of hydrogen-bond acceptors (Lipinski definition) is 7. The van der Waals surface area contributed by atoms with Crippen molar-refractivity contribution in [2.45, 2.75) is 12.3 Å². The van der Waals surface area contributed by atoms with Crippen LogP contribution in [0.25, 0.3) is 12.2 Å². The van der Waals surface area contributed by atoms with Gasteiger partial charge in [-0.1, -0.05) is 24.3 Å². The first kappa shape index (κ1) is 21.0. The number of carbonyl (C=O) groups is 2. The first-order chi connectivity index (χ1) is 17.0. The highest BCUT2D eigenvalue weighted by Gasteiger charge is 2.39. The number of rotatable bonds is 3. The molecule has 0 saturated carbocycles. The highest BCUT2D eigenvalue weighted by Crippen LogP contribution is 2.50. The lowest BCUT2D eigenvalue weighted by Gasteiger charge is -2.29. The molecule has 0 amide bonds. The van der Waals surface area contributed by atoms with Crippen LogP contribution in [0.15, 0.2) is 65.9 Å². The summed E-state index contributed by atoms with van der Waals surface area (Å²) in [5.41, 5.74) is 3.47. The Kier molecular flexibility index (Phi) is 4.84. The molecule has 1 N–H and O–H groups in total. The largest absolute Gasteiger partial charge is 0.504 e. The summed E-state index contributed by atoms with van der Waals surface area (Å²) in [6.45, 7) is 0.319. The summed E-state index contributed by atoms with van der Waals surface area (Å²) < 4.78 is 22.6. The fraction of sp³-hybridized carbons (Fsp3) is 0.143. The number of hydrogen-bond donors (Lipinski definition) is 1. The molecule has 3 aliphatic heterocycles. The number of allylic oxidation sites excluding steroid dienone is 1. The molecule has 1 atom stereocenters. The van der Waals surface area contributed by atoms with Crippen molar-refractivity contribution in [1.29, 1.82) is 0 Å². The van der Waals surface area contributed by atoms with Crippen LogP contribution in [-0.2, 0) is 4.79 Å². The number of fused-ring (bicyclic) bond motifs is 4. The fourth-order valence-electron chi connectivity index (χ4n) is 4.71. The van der Waals surface area contributed by atoms with Gasteiger partial charge in [0, 0.05) is 17.0 Å². The molecule has 0 fully saturated rings. The molecule has 0 spiro atoms. The van der Waals surface area contributed by atoms with Gasteiger partial charge in [-0.25, -0.2) is 0 Å². The summed E-state index contributed by atoms with van der Waals surface area (Å²) >= 11 is 0. The molecule has 35 heavy (non-hydrogen) atoms. The monoisotopic (exact) mass is 468 g/mol. The highest BCUT2D eigenvalue weighted by atomic mass is 16.5. The quantitative estimate of drug-likeness (QED) is 0.333. The van der Waals surface area contributed by atoms with Gasteiger partial charge in [-0.05, 0) is 53.6 Å². The first-order valence-electron chi connectivity index (χ1n) is 11.1. The Bertz CT molecular complexity index is 1460. The molecular formula is C28H20O7. The standard InChI is InChI=1S/C28H20O7/c1-32-22-8-6-15(10-20(22)29)11-24-27(31)18-7-9-23-26(28(18)35-24)19(13-25(30)34-23)17-12-16-4-2-3-5-21(16)33-14-17/h2-12,19,29H,13-14H2,1H3. The molecule has 7 heteroatoms. The summed E-state index contributed by atoms with van der Waals surface area (Å²) in [5, 5.41) is 10.1. The van der Waals surface area contributed by atoms with Crippen LogP contribution in [0.3, 0.4) is 0 Å². The van der Waals surface area contributed by atoms with Gasteiger partial charge in [-0.3, -0.25) is 9.59 Å². The molecule has 174 valence electrons. The number of ether oxygens (including phenoxy) is 4. The van der Waals surface area contributed by atoms with Gasteiger partial charge < -0.3 is 24.1 Å². The van der Waals surface area contributed by atoms with Crippen molar-refractivity contribution >= 4 is 23.9 Å². The molecule has 0 bridgehead atoms. The van der Waals surface area contributed by atoms with Crippen LogP contribution < -0.4 is 18.9 Å². The van der Waals surface area contributed by atoms with Crippen molar-refractivity contribution in [3.8, 4) is 28.7 Å². The SMILES string of the molecule is COc1ccc(C=C2Oc3c(ccc4c3C(C3=Cc5ccccc5OC3)CC(=O)O4)C2=O)cc1O. The predicted octanol–water partition coefficient (Wildman–Crippen LogP) is 4.89. The number of aromatic hydroxyl groups is 1. The van der Waals surface area contributed by atoms with E-state index in [2.05, 4.69) is 0 Å². The smallest absolute Gasteiger partial charge is 0.312 e. The number of para-hydroxylation sites is 1. The van der Waals surface area contributed by atoms with Gasteiger partial charge in [0.05, 0.1) is 19.1 Å². The number of carbonyl (C=O) groups excluding carboxylic acids is 2. The van der Waals surface area contributed by atoms with Crippen molar-refractivity contribution in [3.63, 3.8) is 0 Å². The Morgan fingerprint density at radius 2 is 1.89 bits per heavy atom. The van der Waals surface area contributed by atoms with Crippen LogP contribution in [0.1, 0.15) is 39.4 Å². The lowest BCUT2D eigenvalue weighted by atomic mass is 9.83. The third-order valence-electron chi connectivity index (χ3n) is 6.38. The van der Waals surface area contributed by atoms with Crippen molar-refractivity contribution < 1.29 is 33.6 Å². The van der Waals surface area contributed by atoms with Crippen LogP contribution in [0, 0.1) is 0 Å². The number of methoxy groups -OCH3 is 1. The molecule has 7 nitrogen and oxygen atoms in total. The summed E-state index contributed by atoms with van der Waals surface area (Å²) in [4.78, 5) is 25.6. The molecule has 3 aromatic carbocycles. The number of Topliss-reactive ketones (excluding diaryl/α,β-unsaturated/α-hetero) is 1. The Hall–Kier alpha value is -4.52. The Balaban J connectivity index is 1.42. The van der Waals surface area contributed by atoms with Crippen molar-refractivity contribution in [2.24, 2.45) is 0 Å². The normalized spacial score (nSPS) is 19.1. The van der Waals surface area contributed by atoms with Crippen LogP contribution in [0.2, 0.25) is 0 Å². The number of benzene rings is 3. The number of ketones is 1. The second-order valence-corrected chi connectivity index (χ2v) is 8.50. The molecule has 0 saturated heterocycles. The average molecular weight is 468 g/mol. The van der Waals surface area contributed by atoms with E-state index in [1.807, 2.05) is 30.3 Å². The third-order valence-corrected chi connectivity index (χ3v) is 6.38. The summed E-state index contributed by atoms with van der Waals surface area (Å²) in [7, 11) is 1.46. The first-order valence-corrected chi connectivity index (χ1v) is 11.1. The van der Waals surface area contributed by atoms with Gasteiger partial charge in [-0.15, -0.1) is 0 Å². The maximum Gasteiger partial charge on any atom is 0.312 e. The van der Waals surface area contributed by atoms with Gasteiger partial charge in [0.2, 0.25) is 5.78 Å². The van der Waals surface area contributed by atoms with Gasteiger partial charge in [0.15, 0.2) is 17.3 Å². The van der Waals surface area contributed by atoms with Crippen LogP contribution in [0.5, 0.6) is 28.7 Å². The lowest BCUT2D eigenvalue weighted by molar-refractivity contribution is -0.135. The second-order valence-electron chi connectivity index (χ2n) is 8.50. The van der Waals surface area contributed by atoms with Gasteiger partial charge in [0.25, 0.3) is 0 Å². The molecule has 0 radical (unpaired) electrons. The molecule has 3 aromatic rings. The number of phenols is 1. The average Bonchev–Trinajstić information content (AvgIpc) is 3.18. The van der Waals surface area contributed by atoms with Gasteiger partial charge in [0.1, 0.15) is 23.9 Å². The predicted molar refractivity (Wildman–Crippen MR) is 127 cm³/mol. The van der Waals surface area contributed by atoms with E-state index >= 15 is 0 Å². The lowest BCUT2D eigenvalue weighted by Crippen LogP contribution is -2.24. The van der Waals surface area contributed by atoms with E-state index in [0.29, 0.717) is 40.5 Å². The van der Waals surface area contributed by atoms with Gasteiger partial charge >= 0.3 is 5.97 Å². The molecule has 6 rings (SSSR count). The molecular weight excluding hydrogens is 448 g/mol. The number of esters is 1. The van der Waals surface area contributed by atoms with Gasteiger partial charge in [-0.2, -0.15) is 0 Å². The summed E-state index contributed by atoms with van der Waals surface area (Å²) in [5.74, 6) is 0.960. The van der Waals surface area contributed by atoms with E-state index in [0.717, 1.165) is 16.9 Å². The van der Waals surface area contributed by atoms with E-state index in [1.165, 1.54) is 13.2 Å². The minimum absolute atomic E-state index is 0.0429. The van der Waals surface area contributed by atoms with Crippen molar-refractivity contribution in [1.82, 2.24) is 0 Å². The molecule has 0 aliphatic carbocycles. The fourth-order valence-corrected chi connectivity index (χ4v) is 4.71. The van der Waals surface area contributed by atoms with E-state index in [9.17, 15) is 14.7 Å². The zero-order valence-electron chi connectivity index (χ0n) is 18.7. The van der Waals surface area contributed by atoms with Crippen LogP contribution in [-0.4, -0.2) is 30.6 Å². The molecule has 0 aromatic heterocycles. The van der Waals surface area contributed by atoms with E-state index < -0.39 is 0 Å². The number of phenolic OH excluding ortho intramolecular Hbond substituents is 1. The maximum absolute atomic E-state index is 13.2. The minimum Gasteiger partial charge on any atom is -0.504 e. The minimum atomic E-state index is -0.355. The van der Waals surface area contributed by atoms with Crippen LogP contribution >= 0.6 is 0 Å². The third kappa shape index (κ3) is 3.52. The molecule has 3 heterocycles. The van der Waals surface area contributed by atoms with Crippen molar-refractivity contribution in [2.75, 3.05) is 13.7 Å². The zero-order chi connectivity index (χ0) is 24.1. The van der Waals surface area contributed by atoms with E-state index in [4.69, 9.17) is 18.9 Å². The Morgan fingerprint density at radius 1 is 1.03 bits per heavy atom. The van der Waals surface area contributed by atoms with Crippen LogP contribution in [0.4, 0.5) is 0 Å². The summed E-state index contributed by atoms with van der Waals surface area (Å²) in [6.07, 6.45) is 3.71. The Morgan fingerprint density at radius 3 is 2.71 bits per heavy atom. The molecule has 1 unspecified atom stereocenters. The highest BCUT2D eigenvalue weighted by molar-refractivity contribution is 6.15. The molecule has 3 aliphatic rings. The summed E-state index contributed by atoms with van der Waals surface area (Å²) in [6, 6.07) is 15.8. The van der Waals surface area contributed by atoms with E-state index in [1.54, 1.807) is 30.3 Å².